The number of phenols is 1. The summed E-state index contributed by atoms with van der Waals surface area (Å²) < 4.78 is 0. The number of hydrogen-bond acceptors (Lipinski definition) is 4. The third-order valence-electron chi connectivity index (χ3n) is 3.39. The van der Waals surface area contributed by atoms with Crippen LogP contribution in [0.25, 0.3) is 0 Å². The third kappa shape index (κ3) is 2.41. The van der Waals surface area contributed by atoms with Crippen LogP contribution < -0.4 is 5.73 Å². The first-order valence-corrected chi connectivity index (χ1v) is 6.14. The van der Waals surface area contributed by atoms with Crippen LogP contribution >= 0.6 is 0 Å². The molecule has 1 aromatic carbocycles. The Morgan fingerprint density at radius 2 is 2.17 bits per heavy atom. The molecule has 1 aromatic rings. The predicted molar refractivity (Wildman–Crippen MR) is 68.3 cm³/mol. The Morgan fingerprint density at radius 3 is 2.67 bits per heavy atom. The number of nitrogens with two attached hydrogens (primary N) is 1. The van der Waals surface area contributed by atoms with Crippen molar-refractivity contribution in [1.29, 1.82) is 0 Å². The van der Waals surface area contributed by atoms with Crippen molar-refractivity contribution in [2.45, 2.75) is 25.3 Å². The first-order valence-electron chi connectivity index (χ1n) is 6.14. The van der Waals surface area contributed by atoms with Gasteiger partial charge < -0.3 is 20.8 Å². The number of carbonyl (C=O) groups is 1. The van der Waals surface area contributed by atoms with Gasteiger partial charge in [-0.1, -0.05) is 0 Å². The average molecular weight is 250 g/mol. The summed E-state index contributed by atoms with van der Waals surface area (Å²) in [4.78, 5) is 14.0. The van der Waals surface area contributed by atoms with Crippen molar-refractivity contribution < 1.29 is 15.0 Å². The van der Waals surface area contributed by atoms with Crippen LogP contribution in [0.15, 0.2) is 18.2 Å². The highest BCUT2D eigenvalue weighted by molar-refractivity contribution is 5.95. The summed E-state index contributed by atoms with van der Waals surface area (Å²) in [6, 6.07) is 4.70. The number of carbonyl (C=O) groups excluding carboxylic acids is 1. The highest BCUT2D eigenvalue weighted by Gasteiger charge is 2.29. The van der Waals surface area contributed by atoms with E-state index in [4.69, 9.17) is 10.8 Å². The summed E-state index contributed by atoms with van der Waals surface area (Å²) in [5, 5.41) is 18.6. The first-order chi connectivity index (χ1) is 8.63. The second-order valence-corrected chi connectivity index (χ2v) is 4.58. The van der Waals surface area contributed by atoms with Gasteiger partial charge in [0.15, 0.2) is 0 Å². The Kier molecular flexibility index (Phi) is 3.72. The summed E-state index contributed by atoms with van der Waals surface area (Å²) in [6.07, 6.45) is 3.08. The molecule has 1 amide bonds. The predicted octanol–water partition coefficient (Wildman–Crippen LogP) is 0.961. The number of aromatic hydroxyl groups is 1. The van der Waals surface area contributed by atoms with E-state index in [9.17, 15) is 9.90 Å². The Balaban J connectivity index is 2.18. The van der Waals surface area contributed by atoms with Gasteiger partial charge in [0.05, 0.1) is 12.3 Å². The monoisotopic (exact) mass is 250 g/mol. The molecule has 1 saturated carbocycles. The van der Waals surface area contributed by atoms with Gasteiger partial charge >= 0.3 is 0 Å². The largest absolute Gasteiger partial charge is 0.506 e. The zero-order valence-corrected chi connectivity index (χ0v) is 10.2. The van der Waals surface area contributed by atoms with Crippen LogP contribution in [-0.4, -0.2) is 40.2 Å². The molecule has 18 heavy (non-hydrogen) atoms. The zero-order chi connectivity index (χ0) is 13.1. The van der Waals surface area contributed by atoms with Crippen LogP contribution in [0, 0.1) is 0 Å². The minimum atomic E-state index is -0.163. The minimum absolute atomic E-state index is 0.0524. The molecule has 1 aliphatic rings. The van der Waals surface area contributed by atoms with E-state index in [0.717, 1.165) is 19.3 Å². The molecule has 0 heterocycles. The number of amides is 1. The third-order valence-corrected chi connectivity index (χ3v) is 3.39. The maximum Gasteiger partial charge on any atom is 0.254 e. The normalized spacial score (nSPS) is 15.2. The van der Waals surface area contributed by atoms with Crippen LogP contribution in [0.2, 0.25) is 0 Å². The van der Waals surface area contributed by atoms with E-state index in [0.29, 0.717) is 12.1 Å². The van der Waals surface area contributed by atoms with E-state index in [-0.39, 0.29) is 30.0 Å². The fraction of sp³-hybridized carbons (Fsp3) is 0.462. The van der Waals surface area contributed by atoms with Crippen molar-refractivity contribution in [2.24, 2.45) is 0 Å². The zero-order valence-electron chi connectivity index (χ0n) is 10.2. The molecule has 1 aliphatic carbocycles. The number of anilines is 1. The molecule has 0 aliphatic heterocycles. The number of aliphatic hydroxyl groups excluding tert-OH is 1. The highest BCUT2D eigenvalue weighted by atomic mass is 16.3. The fourth-order valence-corrected chi connectivity index (χ4v) is 2.10. The molecule has 5 heteroatoms. The SMILES string of the molecule is Nc1ccc(C(=O)N(CCO)C2CCC2)cc1O. The van der Waals surface area contributed by atoms with E-state index in [1.165, 1.54) is 12.1 Å². The lowest BCUT2D eigenvalue weighted by atomic mass is 9.91. The standard InChI is InChI=1S/C13H18N2O3/c14-11-5-4-9(8-12(11)17)13(18)15(6-7-16)10-2-1-3-10/h4-5,8,10,16-17H,1-3,6-7,14H2. The lowest BCUT2D eigenvalue weighted by molar-refractivity contribution is 0.0525. The number of benzene rings is 1. The lowest BCUT2D eigenvalue weighted by Gasteiger charge is -2.37. The number of aliphatic hydroxyl groups is 1. The molecule has 5 nitrogen and oxygen atoms in total. The molecule has 2 rings (SSSR count). The molecule has 0 unspecified atom stereocenters. The number of phenolic OH excluding ortho intramolecular Hbond substituents is 1. The molecule has 4 N–H and O–H groups in total. The second kappa shape index (κ2) is 5.27. The van der Waals surface area contributed by atoms with E-state index in [1.807, 2.05) is 0 Å². The van der Waals surface area contributed by atoms with Crippen molar-refractivity contribution in [3.05, 3.63) is 23.8 Å². The van der Waals surface area contributed by atoms with Crippen molar-refractivity contribution in [2.75, 3.05) is 18.9 Å². The Labute approximate surface area is 106 Å². The van der Waals surface area contributed by atoms with Gasteiger partial charge in [-0.25, -0.2) is 0 Å². The molecule has 1 fully saturated rings. The molecular formula is C13H18N2O3. The van der Waals surface area contributed by atoms with Gasteiger partial charge in [0.1, 0.15) is 5.75 Å². The molecule has 0 aromatic heterocycles. The summed E-state index contributed by atoms with van der Waals surface area (Å²) in [7, 11) is 0. The summed E-state index contributed by atoms with van der Waals surface area (Å²) in [6.45, 7) is 0.276. The number of hydrogen-bond donors (Lipinski definition) is 3. The van der Waals surface area contributed by atoms with Gasteiger partial charge in [0.25, 0.3) is 5.91 Å². The first kappa shape index (κ1) is 12.7. The van der Waals surface area contributed by atoms with E-state index in [2.05, 4.69) is 0 Å². The molecule has 0 radical (unpaired) electrons. The Hall–Kier alpha value is -1.75. The van der Waals surface area contributed by atoms with Gasteiger partial charge in [0.2, 0.25) is 0 Å². The summed E-state index contributed by atoms with van der Waals surface area (Å²) in [5.41, 5.74) is 6.16. The van der Waals surface area contributed by atoms with Crippen LogP contribution in [0.5, 0.6) is 5.75 Å². The van der Waals surface area contributed by atoms with Gasteiger partial charge in [-0.3, -0.25) is 4.79 Å². The van der Waals surface area contributed by atoms with Gasteiger partial charge in [0, 0.05) is 18.2 Å². The van der Waals surface area contributed by atoms with E-state index >= 15 is 0 Å². The van der Waals surface area contributed by atoms with Crippen molar-refractivity contribution in [1.82, 2.24) is 4.90 Å². The van der Waals surface area contributed by atoms with Gasteiger partial charge in [-0.05, 0) is 37.5 Å². The maximum atomic E-state index is 12.3. The van der Waals surface area contributed by atoms with Crippen LogP contribution in [0.1, 0.15) is 29.6 Å². The molecule has 0 spiro atoms. The minimum Gasteiger partial charge on any atom is -0.506 e. The van der Waals surface area contributed by atoms with Gasteiger partial charge in [-0.15, -0.1) is 0 Å². The average Bonchev–Trinajstić information content (AvgIpc) is 2.29. The number of nitrogens with zero attached hydrogens (tertiary/aromatic N) is 1. The number of rotatable bonds is 4. The smallest absolute Gasteiger partial charge is 0.254 e. The van der Waals surface area contributed by atoms with E-state index < -0.39 is 0 Å². The Bertz CT molecular complexity index is 444. The van der Waals surface area contributed by atoms with Crippen molar-refractivity contribution in [3.63, 3.8) is 0 Å². The van der Waals surface area contributed by atoms with Crippen LogP contribution in [-0.2, 0) is 0 Å². The fourth-order valence-electron chi connectivity index (χ4n) is 2.10. The highest BCUT2D eigenvalue weighted by Crippen LogP contribution is 2.27. The number of nitrogen functional groups attached to an aromatic ring is 1. The van der Waals surface area contributed by atoms with Crippen molar-refractivity contribution in [3.8, 4) is 5.75 Å². The summed E-state index contributed by atoms with van der Waals surface area (Å²) >= 11 is 0. The van der Waals surface area contributed by atoms with Crippen molar-refractivity contribution >= 4 is 11.6 Å². The molecule has 0 atom stereocenters. The Morgan fingerprint density at radius 1 is 1.44 bits per heavy atom. The maximum absolute atomic E-state index is 12.3. The second-order valence-electron chi connectivity index (χ2n) is 4.58. The molecule has 0 saturated heterocycles. The molecule has 98 valence electrons. The summed E-state index contributed by atoms with van der Waals surface area (Å²) in [5.74, 6) is -0.248. The van der Waals surface area contributed by atoms with Crippen LogP contribution in [0.4, 0.5) is 5.69 Å². The topological polar surface area (TPSA) is 86.8 Å². The molecular weight excluding hydrogens is 232 g/mol. The lowest BCUT2D eigenvalue weighted by Crippen LogP contribution is -2.45. The molecule has 0 bridgehead atoms. The van der Waals surface area contributed by atoms with E-state index in [1.54, 1.807) is 11.0 Å². The van der Waals surface area contributed by atoms with Gasteiger partial charge in [-0.2, -0.15) is 0 Å². The quantitative estimate of drug-likeness (QED) is 0.548. The van der Waals surface area contributed by atoms with Crippen LogP contribution in [0.3, 0.4) is 0 Å².